The normalized spacial score (nSPS) is 14.0. The molecule has 0 atom stereocenters. The topological polar surface area (TPSA) is 112 Å². The molecule has 0 radical (unpaired) electrons. The molecule has 5 aliphatic rings. The molecule has 0 saturated heterocycles. The van der Waals surface area contributed by atoms with Crippen LogP contribution in [0.25, 0.3) is 177 Å². The Bertz CT molecular complexity index is 8210. The van der Waals surface area contributed by atoms with Crippen molar-refractivity contribution in [1.82, 2.24) is 0 Å². The fourth-order valence-electron chi connectivity index (χ4n) is 23.8. The number of thiol groups is 2. The number of carbonyl (C=O) groups excluding carboxylic acids is 4. The van der Waals surface area contributed by atoms with Gasteiger partial charge < -0.3 is 18.9 Å². The first kappa shape index (κ1) is 90.5. The summed E-state index contributed by atoms with van der Waals surface area (Å²) in [6.45, 7) is 43.2. The fourth-order valence-corrected chi connectivity index (χ4v) is 24.4. The van der Waals surface area contributed by atoms with Gasteiger partial charge in [0.05, 0.1) is 33.6 Å². The molecule has 2 aliphatic heterocycles. The Labute approximate surface area is 849 Å². The Balaban J connectivity index is 0.628. The van der Waals surface area contributed by atoms with E-state index in [0.717, 1.165) is 218 Å². The van der Waals surface area contributed by atoms with Crippen molar-refractivity contribution in [1.29, 1.82) is 0 Å². The molecule has 2 heterocycles. The van der Waals surface area contributed by atoms with Gasteiger partial charge >= 0.3 is 0 Å². The largest absolute Gasteiger partial charge is 0.457 e. The second-order valence-electron chi connectivity index (χ2n) is 45.9. The number of rotatable bonds is 14. The zero-order valence-corrected chi connectivity index (χ0v) is 86.6. The number of amides is 4. The molecule has 3 aliphatic carbocycles. The van der Waals surface area contributed by atoms with Crippen LogP contribution in [0.3, 0.4) is 0 Å². The number of ether oxygens (including phenoxy) is 4. The fraction of sp³-hybridized carbons (Fsp3) is 0.212. The molecular formula is C132H110N2O8S2. The molecule has 0 saturated carbocycles. The molecule has 0 fully saturated rings. The highest BCUT2D eigenvalue weighted by Gasteiger charge is 2.45. The standard InChI is InChI=1S/C132H110N2O8S2/c1-65(2)95-57-85(143)58-96(66(3)4)123(95)133-125(135)103-61-107(139-81-33-25-77(26-34-81)129(9,10)11)117-91-45-41-87-99-53-73-49-69-21-23-71-51-75-55-101-89-43-47-93-114-94(48-44-90(112(89)114)102(101)56-76(75)52-72(71)24-22-70(69)50-74(73)54-100(99)88-42-46-92(113(91)111(87)88)118-108(62-104(126(133)136)115(103)121(117)118)140-82-35-27-78(28-36-82)130(12,13)14)120-110(142-84-39-31-80(32-40-84)132(18,19)20)64-106-116-105(63-109(119(93)122(116)120)141-83-37-29-79(30-38-83)131(15,16)17)127(137)134(128(106)138)124-97(67(5)6)59-86(144)60-98(124)68(7)8/h21-68,143-144H,1-20H3. The summed E-state index contributed by atoms with van der Waals surface area (Å²) in [5, 5.41) is 18.1. The van der Waals surface area contributed by atoms with Crippen molar-refractivity contribution in [2.24, 2.45) is 0 Å². The SMILES string of the molecule is CC(C)c1cc(S)cc(C(C)C)c1N1C(=O)c2cc(Oc3ccc(C(C)(C)C)cc3)c3c4ccc5c6c(ccc(c7c(Oc8ccc(C(C)(C)C)cc8)cc(c2c37)C1=O)c64)-c1cc2cc3c(cc2cc1-5)C=Cc1cc2cc4c(cc2cc1C=C3)-c1ccc2c3c(Oc5ccc(C(C)(C)C)cc5)cc5c6c(cc(Oc7ccc(C(C)(C)C)cc7)c(c7ccc-4c1c72)c63)C(=O)N(c1c(C(C)C)cc(S)cc1C(C)C)C5=O. The zero-order chi connectivity index (χ0) is 100. The first-order chi connectivity index (χ1) is 68.7. The van der Waals surface area contributed by atoms with E-state index in [1.54, 1.807) is 0 Å². The Hall–Kier alpha value is -14.8. The van der Waals surface area contributed by atoms with Crippen LogP contribution in [0.15, 0.2) is 252 Å². The van der Waals surface area contributed by atoms with Gasteiger partial charge in [0.1, 0.15) is 46.0 Å². The van der Waals surface area contributed by atoms with E-state index >= 15 is 19.2 Å². The van der Waals surface area contributed by atoms with Crippen LogP contribution in [-0.4, -0.2) is 23.6 Å². The minimum atomic E-state index is -0.428. The van der Waals surface area contributed by atoms with Crippen molar-refractivity contribution in [3.63, 3.8) is 0 Å². The van der Waals surface area contributed by atoms with E-state index in [2.05, 4.69) is 308 Å². The van der Waals surface area contributed by atoms with Gasteiger partial charge in [-0.2, -0.15) is 0 Å². The molecule has 144 heavy (non-hydrogen) atoms. The van der Waals surface area contributed by atoms with Crippen LogP contribution in [0.2, 0.25) is 0 Å². The van der Waals surface area contributed by atoms with Crippen LogP contribution < -0.4 is 28.7 Å². The number of hydrogen-bond acceptors (Lipinski definition) is 10. The highest BCUT2D eigenvalue weighted by atomic mass is 32.1. The first-order valence-electron chi connectivity index (χ1n) is 50.5. The Morgan fingerprint density at radius 1 is 0.222 bits per heavy atom. The van der Waals surface area contributed by atoms with Crippen LogP contribution in [-0.2, 0) is 21.7 Å². The van der Waals surface area contributed by atoms with Gasteiger partial charge in [-0.15, -0.1) is 25.3 Å². The maximum atomic E-state index is 16.3. The second-order valence-corrected chi connectivity index (χ2v) is 46.9. The zero-order valence-electron chi connectivity index (χ0n) is 84.8. The molecule has 708 valence electrons. The van der Waals surface area contributed by atoms with Crippen LogP contribution >= 0.6 is 25.3 Å². The molecular weight excluding hydrogens is 1810 g/mol. The molecule has 0 spiro atoms. The maximum Gasteiger partial charge on any atom is 0.266 e. The third-order valence-corrected chi connectivity index (χ3v) is 31.8. The smallest absolute Gasteiger partial charge is 0.266 e. The van der Waals surface area contributed by atoms with Crippen molar-refractivity contribution >= 4 is 192 Å². The van der Waals surface area contributed by atoms with Crippen LogP contribution in [0.1, 0.15) is 270 Å². The van der Waals surface area contributed by atoms with Crippen molar-refractivity contribution < 1.29 is 38.1 Å². The molecule has 12 heteroatoms. The van der Waals surface area contributed by atoms with Crippen LogP contribution in [0.5, 0.6) is 46.0 Å². The quantitative estimate of drug-likeness (QED) is 0.0479. The van der Waals surface area contributed by atoms with Gasteiger partial charge in [-0.25, -0.2) is 9.80 Å². The average molecular weight is 1920 g/mol. The van der Waals surface area contributed by atoms with E-state index in [-0.39, 0.29) is 45.3 Å². The van der Waals surface area contributed by atoms with E-state index in [4.69, 9.17) is 44.2 Å². The molecule has 20 aromatic carbocycles. The van der Waals surface area contributed by atoms with Gasteiger partial charge in [-0.3, -0.25) is 19.2 Å². The van der Waals surface area contributed by atoms with Crippen LogP contribution in [0.4, 0.5) is 11.4 Å². The summed E-state index contributed by atoms with van der Waals surface area (Å²) in [4.78, 5) is 69.7. The lowest BCUT2D eigenvalue weighted by Gasteiger charge is -2.34. The monoisotopic (exact) mass is 1910 g/mol. The molecule has 10 nitrogen and oxygen atoms in total. The van der Waals surface area contributed by atoms with Crippen molar-refractivity contribution in [3.05, 3.63) is 332 Å². The predicted molar refractivity (Wildman–Crippen MR) is 604 cm³/mol. The summed E-state index contributed by atoms with van der Waals surface area (Å²) in [5.74, 6) is 2.41. The van der Waals surface area contributed by atoms with E-state index in [9.17, 15) is 0 Å². The Morgan fingerprint density at radius 3 is 0.632 bits per heavy atom. The number of fused-ring (bicyclic) bond motifs is 14. The van der Waals surface area contributed by atoms with E-state index in [0.29, 0.717) is 90.4 Å². The van der Waals surface area contributed by atoms with Crippen LogP contribution in [0, 0.1) is 0 Å². The number of benzene rings is 20. The average Bonchev–Trinajstić information content (AvgIpc) is 1.55. The van der Waals surface area contributed by atoms with Gasteiger partial charge in [0.25, 0.3) is 23.6 Å². The van der Waals surface area contributed by atoms with Crippen molar-refractivity contribution in [3.8, 4) is 90.5 Å². The summed E-state index contributed by atoms with van der Waals surface area (Å²) in [6, 6.07) is 85.6. The summed E-state index contributed by atoms with van der Waals surface area (Å²) >= 11 is 9.83. The van der Waals surface area contributed by atoms with E-state index in [1.807, 2.05) is 97.1 Å². The minimum Gasteiger partial charge on any atom is -0.457 e. The molecule has 25 rings (SSSR count). The minimum absolute atomic E-state index is 0.0649. The summed E-state index contributed by atoms with van der Waals surface area (Å²) < 4.78 is 29.5. The lowest BCUT2D eigenvalue weighted by atomic mass is 9.82. The number of anilines is 2. The molecule has 0 unspecified atom stereocenters. The van der Waals surface area contributed by atoms with Crippen molar-refractivity contribution in [2.75, 3.05) is 9.80 Å². The van der Waals surface area contributed by atoms with Gasteiger partial charge in [0, 0.05) is 52.9 Å². The van der Waals surface area contributed by atoms with Gasteiger partial charge in [-0.05, 0) is 367 Å². The summed E-state index contributed by atoms with van der Waals surface area (Å²) in [7, 11) is 0. The molecule has 4 amide bonds. The Kier molecular flexibility index (Phi) is 20.0. The van der Waals surface area contributed by atoms with Gasteiger partial charge in [0.15, 0.2) is 0 Å². The highest BCUT2D eigenvalue weighted by molar-refractivity contribution is 7.80. The summed E-state index contributed by atoms with van der Waals surface area (Å²) in [5.41, 5.74) is 23.5. The number of imide groups is 2. The number of hydrogen-bond donors (Lipinski definition) is 2. The number of carbonyl (C=O) groups is 4. The number of nitrogens with zero attached hydrogens (tertiary/aromatic N) is 2. The molecule has 0 aromatic heterocycles. The molecule has 0 N–H and O–H groups in total. The van der Waals surface area contributed by atoms with Gasteiger partial charge in [0.2, 0.25) is 0 Å². The highest BCUT2D eigenvalue weighted by Crippen LogP contribution is 2.62. The third-order valence-electron chi connectivity index (χ3n) is 31.2. The predicted octanol–water partition coefficient (Wildman–Crippen LogP) is 37.1. The second kappa shape index (κ2) is 31.8. The molecule has 20 aromatic rings. The molecule has 0 bridgehead atoms. The van der Waals surface area contributed by atoms with E-state index < -0.39 is 23.6 Å². The van der Waals surface area contributed by atoms with E-state index in [1.165, 1.54) is 9.80 Å². The third kappa shape index (κ3) is 13.8. The Morgan fingerprint density at radius 2 is 0.431 bits per heavy atom. The first-order valence-corrected chi connectivity index (χ1v) is 51.4. The lowest BCUT2D eigenvalue weighted by Crippen LogP contribution is -2.42. The lowest BCUT2D eigenvalue weighted by molar-refractivity contribution is 0.0877. The summed E-state index contributed by atoms with van der Waals surface area (Å²) in [6.07, 6.45) is 9.10. The van der Waals surface area contributed by atoms with Crippen molar-refractivity contribution in [2.45, 2.75) is 194 Å². The van der Waals surface area contributed by atoms with Gasteiger partial charge in [-0.1, -0.05) is 260 Å². The maximum absolute atomic E-state index is 16.3.